The Balaban J connectivity index is 2.26. The molecule has 0 radical (unpaired) electrons. The normalized spacial score (nSPS) is 18.7. The van der Waals surface area contributed by atoms with Crippen LogP contribution in [-0.2, 0) is 0 Å². The van der Waals surface area contributed by atoms with Crippen LogP contribution in [0.15, 0.2) is 23.1 Å². The average Bonchev–Trinajstić information content (AvgIpc) is 2.30. The van der Waals surface area contributed by atoms with Crippen LogP contribution in [0.5, 0.6) is 0 Å². The van der Waals surface area contributed by atoms with E-state index in [-0.39, 0.29) is 31.5 Å². The van der Waals surface area contributed by atoms with Crippen LogP contribution >= 0.6 is 0 Å². The van der Waals surface area contributed by atoms with Gasteiger partial charge in [0.05, 0.1) is 5.56 Å². The highest BCUT2D eigenvalue weighted by atomic mass is 19.3. The monoisotopic (exact) mass is 258 g/mol. The van der Waals surface area contributed by atoms with Gasteiger partial charge >= 0.3 is 5.97 Å². The Hall–Kier alpha value is -1.92. The van der Waals surface area contributed by atoms with Gasteiger partial charge in [-0.2, -0.15) is 0 Å². The van der Waals surface area contributed by atoms with E-state index in [2.05, 4.69) is 0 Å². The quantitative estimate of drug-likeness (QED) is 0.856. The first-order valence-corrected chi connectivity index (χ1v) is 5.48. The lowest BCUT2D eigenvalue weighted by atomic mass is 10.1. The summed E-state index contributed by atoms with van der Waals surface area (Å²) in [6.45, 7) is 0.0476. The first-order chi connectivity index (χ1) is 8.39. The zero-order chi connectivity index (χ0) is 13.3. The third-order valence-electron chi connectivity index (χ3n) is 2.92. The van der Waals surface area contributed by atoms with Crippen LogP contribution < -0.4 is 10.6 Å². The molecule has 1 aliphatic rings. The number of carboxylic acids is 1. The van der Waals surface area contributed by atoms with E-state index in [4.69, 9.17) is 5.11 Å². The minimum atomic E-state index is -2.70. The van der Waals surface area contributed by atoms with Crippen LogP contribution in [0.3, 0.4) is 0 Å². The molecule has 0 unspecified atom stereocenters. The number of aromatic nitrogens is 1. The number of aromatic carboxylic acids is 1. The molecule has 5 nitrogen and oxygen atoms in total. The fourth-order valence-corrected chi connectivity index (χ4v) is 1.86. The highest BCUT2D eigenvalue weighted by Crippen LogP contribution is 2.26. The van der Waals surface area contributed by atoms with Gasteiger partial charge in [-0.05, 0) is 6.07 Å². The van der Waals surface area contributed by atoms with Crippen molar-refractivity contribution in [1.29, 1.82) is 0 Å². The number of halogens is 2. The van der Waals surface area contributed by atoms with E-state index in [1.807, 2.05) is 0 Å². The van der Waals surface area contributed by atoms with E-state index < -0.39 is 17.5 Å². The number of hydrogen-bond acceptors (Lipinski definition) is 3. The van der Waals surface area contributed by atoms with Gasteiger partial charge in [-0.15, -0.1) is 0 Å². The van der Waals surface area contributed by atoms with Crippen molar-refractivity contribution in [3.05, 3.63) is 34.2 Å². The molecule has 0 bridgehead atoms. The van der Waals surface area contributed by atoms with Gasteiger partial charge in [0.1, 0.15) is 0 Å². The molecule has 0 saturated carbocycles. The fourth-order valence-electron chi connectivity index (χ4n) is 1.86. The predicted octanol–water partition coefficient (Wildman–Crippen LogP) is 0.914. The van der Waals surface area contributed by atoms with Gasteiger partial charge in [-0.25, -0.2) is 18.3 Å². The summed E-state index contributed by atoms with van der Waals surface area (Å²) in [5.41, 5.74) is -0.475. The molecule has 0 spiro atoms. The number of hydrogen-bond donors (Lipinski definition) is 1. The zero-order valence-corrected chi connectivity index (χ0v) is 9.47. The molecule has 0 amide bonds. The minimum Gasteiger partial charge on any atom is -0.478 e. The SMILES string of the molecule is O=C(O)c1ccc(=O)n(N2CCC(F)(F)CC2)c1. The molecule has 2 heterocycles. The second-order valence-electron chi connectivity index (χ2n) is 4.22. The highest BCUT2D eigenvalue weighted by Gasteiger charge is 2.34. The lowest BCUT2D eigenvalue weighted by molar-refractivity contribution is -0.0260. The van der Waals surface area contributed by atoms with Gasteiger partial charge in [0.15, 0.2) is 0 Å². The smallest absolute Gasteiger partial charge is 0.337 e. The van der Waals surface area contributed by atoms with Gasteiger partial charge < -0.3 is 10.1 Å². The summed E-state index contributed by atoms with van der Waals surface area (Å²) in [5.74, 6) is -3.86. The summed E-state index contributed by atoms with van der Waals surface area (Å²) in [4.78, 5) is 22.4. The number of piperidine rings is 1. The predicted molar refractivity (Wildman–Crippen MR) is 59.8 cm³/mol. The summed E-state index contributed by atoms with van der Waals surface area (Å²) in [6.07, 6.45) is 0.488. The maximum Gasteiger partial charge on any atom is 0.337 e. The van der Waals surface area contributed by atoms with Crippen LogP contribution in [0.1, 0.15) is 23.2 Å². The summed E-state index contributed by atoms with van der Waals surface area (Å²) < 4.78 is 27.1. The molecule has 7 heteroatoms. The van der Waals surface area contributed by atoms with Gasteiger partial charge in [-0.1, -0.05) is 0 Å². The highest BCUT2D eigenvalue weighted by molar-refractivity contribution is 5.87. The second kappa shape index (κ2) is 4.40. The number of nitrogens with zero attached hydrogens (tertiary/aromatic N) is 2. The molecule has 1 aliphatic heterocycles. The van der Waals surface area contributed by atoms with Crippen molar-refractivity contribution in [2.75, 3.05) is 18.1 Å². The standard InChI is InChI=1S/C11H12F2N2O3/c12-11(13)3-5-14(6-4-11)15-7-8(10(17)18)1-2-9(15)16/h1-2,7H,3-6H2,(H,17,18). The minimum absolute atomic E-state index is 0.0238. The van der Waals surface area contributed by atoms with Crippen molar-refractivity contribution in [2.24, 2.45) is 0 Å². The largest absolute Gasteiger partial charge is 0.478 e. The maximum atomic E-state index is 13.0. The Morgan fingerprint density at radius 1 is 1.28 bits per heavy atom. The van der Waals surface area contributed by atoms with Gasteiger partial charge in [0.2, 0.25) is 0 Å². The average molecular weight is 258 g/mol. The molecule has 18 heavy (non-hydrogen) atoms. The Labute approximate surface area is 101 Å². The lowest BCUT2D eigenvalue weighted by Gasteiger charge is -2.34. The molecule has 0 aromatic carbocycles. The van der Waals surface area contributed by atoms with Crippen LogP contribution in [-0.4, -0.2) is 34.8 Å². The number of carboxylic acid groups (broad SMARTS) is 1. The summed E-state index contributed by atoms with van der Waals surface area (Å²) in [6, 6.07) is 2.32. The van der Waals surface area contributed by atoms with E-state index in [1.165, 1.54) is 11.1 Å². The molecule has 98 valence electrons. The van der Waals surface area contributed by atoms with Crippen LogP contribution in [0, 0.1) is 0 Å². The first-order valence-electron chi connectivity index (χ1n) is 5.48. The lowest BCUT2D eigenvalue weighted by Crippen LogP contribution is -2.49. The second-order valence-corrected chi connectivity index (χ2v) is 4.22. The molecule has 1 saturated heterocycles. The molecule has 1 aromatic rings. The van der Waals surface area contributed by atoms with E-state index in [9.17, 15) is 18.4 Å². The number of carbonyl (C=O) groups is 1. The van der Waals surface area contributed by atoms with Crippen molar-refractivity contribution < 1.29 is 18.7 Å². The Kier molecular flexibility index (Phi) is 3.06. The number of alkyl halides is 2. The van der Waals surface area contributed by atoms with E-state index >= 15 is 0 Å². The van der Waals surface area contributed by atoms with E-state index in [0.29, 0.717) is 0 Å². The van der Waals surface area contributed by atoms with Crippen molar-refractivity contribution in [3.63, 3.8) is 0 Å². The summed E-state index contributed by atoms with van der Waals surface area (Å²) >= 11 is 0. The van der Waals surface area contributed by atoms with Crippen molar-refractivity contribution in [2.45, 2.75) is 18.8 Å². The third-order valence-corrected chi connectivity index (χ3v) is 2.92. The van der Waals surface area contributed by atoms with E-state index in [0.717, 1.165) is 16.9 Å². The summed E-state index contributed by atoms with van der Waals surface area (Å²) in [7, 11) is 0. The number of rotatable bonds is 2. The molecule has 1 aromatic heterocycles. The first kappa shape index (κ1) is 12.5. The molecule has 0 atom stereocenters. The van der Waals surface area contributed by atoms with Crippen LogP contribution in [0.2, 0.25) is 0 Å². The molecule has 2 rings (SSSR count). The van der Waals surface area contributed by atoms with E-state index in [1.54, 1.807) is 0 Å². The molecule has 1 fully saturated rings. The summed E-state index contributed by atoms with van der Waals surface area (Å²) in [5, 5.41) is 10.3. The Morgan fingerprint density at radius 3 is 2.44 bits per heavy atom. The Morgan fingerprint density at radius 2 is 1.89 bits per heavy atom. The van der Waals surface area contributed by atoms with Gasteiger partial charge in [-0.3, -0.25) is 4.79 Å². The van der Waals surface area contributed by atoms with Crippen molar-refractivity contribution >= 4 is 5.97 Å². The third kappa shape index (κ3) is 2.49. The topological polar surface area (TPSA) is 62.5 Å². The molecular formula is C11H12F2N2O3. The number of pyridine rings is 1. The maximum absolute atomic E-state index is 13.0. The molecule has 0 aliphatic carbocycles. The van der Waals surface area contributed by atoms with Gasteiger partial charge in [0.25, 0.3) is 11.5 Å². The fraction of sp³-hybridized carbons (Fsp3) is 0.455. The molecule has 1 N–H and O–H groups in total. The zero-order valence-electron chi connectivity index (χ0n) is 9.47. The van der Waals surface area contributed by atoms with Crippen LogP contribution in [0.4, 0.5) is 8.78 Å². The van der Waals surface area contributed by atoms with Gasteiger partial charge in [0, 0.05) is 38.2 Å². The molecular weight excluding hydrogens is 246 g/mol. The van der Waals surface area contributed by atoms with Crippen molar-refractivity contribution in [3.8, 4) is 0 Å². The Bertz CT molecular complexity index is 517. The van der Waals surface area contributed by atoms with Crippen LogP contribution in [0.25, 0.3) is 0 Å². The van der Waals surface area contributed by atoms with Crippen molar-refractivity contribution in [1.82, 2.24) is 4.68 Å².